The van der Waals surface area contributed by atoms with Crippen molar-refractivity contribution in [1.29, 1.82) is 0 Å². The smallest absolute Gasteiger partial charge is 0.174 e. The zero-order valence-corrected chi connectivity index (χ0v) is 10.5. The van der Waals surface area contributed by atoms with Gasteiger partial charge in [0, 0.05) is 29.8 Å². The number of nitrogens with zero attached hydrogens (tertiary/aromatic N) is 4. The normalized spacial score (nSPS) is 10.6. The molecule has 0 amide bonds. The number of benzene rings is 1. The third-order valence-electron chi connectivity index (χ3n) is 2.90. The van der Waals surface area contributed by atoms with Crippen LogP contribution in [0.25, 0.3) is 16.9 Å². The Morgan fingerprint density at radius 2 is 1.74 bits per heavy atom. The molecule has 2 N–H and O–H groups in total. The maximum absolute atomic E-state index is 5.68. The molecule has 0 saturated carbocycles. The van der Waals surface area contributed by atoms with E-state index in [0.717, 1.165) is 28.3 Å². The van der Waals surface area contributed by atoms with Crippen LogP contribution >= 0.6 is 0 Å². The predicted octanol–water partition coefficient (Wildman–Crippen LogP) is 2.22. The first-order valence-corrected chi connectivity index (χ1v) is 5.92. The fraction of sp³-hybridized carbons (Fsp3) is 0.0714. The summed E-state index contributed by atoms with van der Waals surface area (Å²) in [6, 6.07) is 7.70. The number of nitrogens with two attached hydrogens (primary N) is 1. The molecule has 5 heteroatoms. The zero-order valence-electron chi connectivity index (χ0n) is 10.5. The number of hydrogen-bond donors (Lipinski definition) is 1. The topological polar surface area (TPSA) is 69.6 Å². The molecule has 0 bridgehead atoms. The SMILES string of the molecule is Cc1nccnc1-n1cc(-c2ccc(N)cc2)cn1. The largest absolute Gasteiger partial charge is 0.399 e. The van der Waals surface area contributed by atoms with Gasteiger partial charge in [-0.1, -0.05) is 12.1 Å². The molecule has 0 spiro atoms. The van der Waals surface area contributed by atoms with Crippen LogP contribution in [-0.2, 0) is 0 Å². The van der Waals surface area contributed by atoms with Gasteiger partial charge in [0.15, 0.2) is 5.82 Å². The number of aryl methyl sites for hydroxylation is 1. The molecule has 0 aliphatic rings. The van der Waals surface area contributed by atoms with E-state index in [1.807, 2.05) is 37.4 Å². The lowest BCUT2D eigenvalue weighted by Gasteiger charge is -2.02. The molecule has 2 heterocycles. The minimum Gasteiger partial charge on any atom is -0.399 e. The highest BCUT2D eigenvalue weighted by atomic mass is 15.3. The fourth-order valence-electron chi connectivity index (χ4n) is 1.89. The van der Waals surface area contributed by atoms with E-state index in [4.69, 9.17) is 5.73 Å². The summed E-state index contributed by atoms with van der Waals surface area (Å²) in [5.41, 5.74) is 9.36. The lowest BCUT2D eigenvalue weighted by molar-refractivity contribution is 0.824. The van der Waals surface area contributed by atoms with Gasteiger partial charge in [0.2, 0.25) is 0 Å². The average molecular weight is 251 g/mol. The molecule has 5 nitrogen and oxygen atoms in total. The summed E-state index contributed by atoms with van der Waals surface area (Å²) in [4.78, 5) is 8.50. The lowest BCUT2D eigenvalue weighted by Crippen LogP contribution is -2.01. The second kappa shape index (κ2) is 4.53. The number of aromatic nitrogens is 4. The summed E-state index contributed by atoms with van der Waals surface area (Å²) in [6.45, 7) is 1.91. The van der Waals surface area contributed by atoms with Gasteiger partial charge >= 0.3 is 0 Å². The average Bonchev–Trinajstić information content (AvgIpc) is 2.89. The van der Waals surface area contributed by atoms with Gasteiger partial charge in [-0.25, -0.2) is 9.67 Å². The number of rotatable bonds is 2. The van der Waals surface area contributed by atoms with Crippen molar-refractivity contribution in [2.24, 2.45) is 0 Å². The molecule has 0 unspecified atom stereocenters. The fourth-order valence-corrected chi connectivity index (χ4v) is 1.89. The van der Waals surface area contributed by atoms with Gasteiger partial charge in [0.25, 0.3) is 0 Å². The van der Waals surface area contributed by atoms with Crippen molar-refractivity contribution in [1.82, 2.24) is 19.7 Å². The van der Waals surface area contributed by atoms with Crippen LogP contribution in [0.15, 0.2) is 49.1 Å². The van der Waals surface area contributed by atoms with Crippen LogP contribution < -0.4 is 5.73 Å². The molecular weight excluding hydrogens is 238 g/mol. The summed E-state index contributed by atoms with van der Waals surface area (Å²) in [6.07, 6.45) is 7.07. The number of anilines is 1. The van der Waals surface area contributed by atoms with Gasteiger partial charge < -0.3 is 5.73 Å². The summed E-state index contributed by atoms with van der Waals surface area (Å²) < 4.78 is 1.73. The molecule has 19 heavy (non-hydrogen) atoms. The number of nitrogen functional groups attached to an aromatic ring is 1. The minimum atomic E-state index is 0.740. The third kappa shape index (κ3) is 2.18. The van der Waals surface area contributed by atoms with E-state index in [0.29, 0.717) is 0 Å². The van der Waals surface area contributed by atoms with E-state index >= 15 is 0 Å². The van der Waals surface area contributed by atoms with Gasteiger partial charge in [-0.15, -0.1) is 0 Å². The molecule has 3 rings (SSSR count). The van der Waals surface area contributed by atoms with E-state index in [9.17, 15) is 0 Å². The molecule has 0 aliphatic heterocycles. The Balaban J connectivity index is 2.00. The van der Waals surface area contributed by atoms with Crippen LogP contribution in [0.4, 0.5) is 5.69 Å². The first-order valence-electron chi connectivity index (χ1n) is 5.92. The van der Waals surface area contributed by atoms with E-state index < -0.39 is 0 Å². The second-order valence-electron chi connectivity index (χ2n) is 4.26. The Morgan fingerprint density at radius 3 is 2.47 bits per heavy atom. The van der Waals surface area contributed by atoms with Crippen LogP contribution in [0.3, 0.4) is 0 Å². The van der Waals surface area contributed by atoms with Gasteiger partial charge in [-0.05, 0) is 24.6 Å². The second-order valence-corrected chi connectivity index (χ2v) is 4.26. The zero-order chi connectivity index (χ0) is 13.2. The van der Waals surface area contributed by atoms with Crippen molar-refractivity contribution in [3.05, 3.63) is 54.7 Å². The highest BCUT2D eigenvalue weighted by Gasteiger charge is 2.06. The van der Waals surface area contributed by atoms with E-state index in [1.54, 1.807) is 23.3 Å². The molecule has 2 aromatic heterocycles. The molecular formula is C14H13N5. The van der Waals surface area contributed by atoms with E-state index in [1.165, 1.54) is 0 Å². The summed E-state index contributed by atoms with van der Waals surface area (Å²) in [5, 5.41) is 4.33. The van der Waals surface area contributed by atoms with Crippen LogP contribution in [-0.4, -0.2) is 19.7 Å². The maximum Gasteiger partial charge on any atom is 0.174 e. The Kier molecular flexibility index (Phi) is 2.72. The van der Waals surface area contributed by atoms with Gasteiger partial charge in [-0.3, -0.25) is 4.98 Å². The van der Waals surface area contributed by atoms with Crippen molar-refractivity contribution in [3.63, 3.8) is 0 Å². The van der Waals surface area contributed by atoms with Gasteiger partial charge in [0.1, 0.15) is 0 Å². The molecule has 94 valence electrons. The molecule has 0 fully saturated rings. The van der Waals surface area contributed by atoms with E-state index in [-0.39, 0.29) is 0 Å². The Hall–Kier alpha value is -2.69. The molecule has 1 aromatic carbocycles. The van der Waals surface area contributed by atoms with Gasteiger partial charge in [-0.2, -0.15) is 5.10 Å². The summed E-state index contributed by atoms with van der Waals surface area (Å²) >= 11 is 0. The Bertz CT molecular complexity index is 700. The monoisotopic (exact) mass is 251 g/mol. The van der Waals surface area contributed by atoms with Crippen molar-refractivity contribution in [3.8, 4) is 16.9 Å². The Morgan fingerprint density at radius 1 is 1.00 bits per heavy atom. The maximum atomic E-state index is 5.68. The first kappa shape index (κ1) is 11.4. The standard InChI is InChI=1S/C14H13N5/c1-10-14(17-7-6-16-10)19-9-12(8-18-19)11-2-4-13(15)5-3-11/h2-9H,15H2,1H3. The molecule has 3 aromatic rings. The number of hydrogen-bond acceptors (Lipinski definition) is 4. The first-order chi connectivity index (χ1) is 9.24. The summed E-state index contributed by atoms with van der Waals surface area (Å²) in [5.74, 6) is 0.740. The van der Waals surface area contributed by atoms with Crippen LogP contribution in [0, 0.1) is 6.92 Å². The van der Waals surface area contributed by atoms with Crippen LogP contribution in [0.2, 0.25) is 0 Å². The summed E-state index contributed by atoms with van der Waals surface area (Å²) in [7, 11) is 0. The highest BCUT2D eigenvalue weighted by Crippen LogP contribution is 2.21. The van der Waals surface area contributed by atoms with Crippen LogP contribution in [0.1, 0.15) is 5.69 Å². The Labute approximate surface area is 110 Å². The van der Waals surface area contributed by atoms with Crippen LogP contribution in [0.5, 0.6) is 0 Å². The molecule has 0 saturated heterocycles. The van der Waals surface area contributed by atoms with Crippen molar-refractivity contribution >= 4 is 5.69 Å². The van der Waals surface area contributed by atoms with Crippen molar-refractivity contribution < 1.29 is 0 Å². The van der Waals surface area contributed by atoms with Gasteiger partial charge in [0.05, 0.1) is 11.9 Å². The quantitative estimate of drug-likeness (QED) is 0.709. The molecule has 0 aliphatic carbocycles. The third-order valence-corrected chi connectivity index (χ3v) is 2.90. The van der Waals surface area contributed by atoms with E-state index in [2.05, 4.69) is 15.1 Å². The molecule has 0 radical (unpaired) electrons. The van der Waals surface area contributed by atoms with Crippen molar-refractivity contribution in [2.75, 3.05) is 5.73 Å². The molecule has 0 atom stereocenters. The van der Waals surface area contributed by atoms with Crippen molar-refractivity contribution in [2.45, 2.75) is 6.92 Å². The predicted molar refractivity (Wildman–Crippen MR) is 73.7 cm³/mol. The highest BCUT2D eigenvalue weighted by molar-refractivity contribution is 5.64. The minimum absolute atomic E-state index is 0.740. The lowest BCUT2D eigenvalue weighted by atomic mass is 10.1.